The molecule has 0 radical (unpaired) electrons. The van der Waals surface area contributed by atoms with Crippen molar-refractivity contribution in [3.05, 3.63) is 35.4 Å². The molecule has 2 N–H and O–H groups in total. The second-order valence-electron chi connectivity index (χ2n) is 3.64. The molecule has 2 unspecified atom stereocenters. The lowest BCUT2D eigenvalue weighted by Crippen LogP contribution is -2.31. The quantitative estimate of drug-likeness (QED) is 0.781. The minimum atomic E-state index is -0.714. The Hall–Kier alpha value is -1.29. The molecule has 0 spiro atoms. The fraction of sp³-hybridized carbons (Fsp3) is 0.364. The van der Waals surface area contributed by atoms with Crippen molar-refractivity contribution in [1.82, 2.24) is 0 Å². The average Bonchev–Trinajstić information content (AvgIpc) is 2.19. The lowest BCUT2D eigenvalue weighted by atomic mass is 9.93. The van der Waals surface area contributed by atoms with Gasteiger partial charge < -0.3 is 5.73 Å². The van der Waals surface area contributed by atoms with Crippen LogP contribution in [-0.4, -0.2) is 11.8 Å². The topological polar surface area (TPSA) is 43.1 Å². The summed E-state index contributed by atoms with van der Waals surface area (Å²) in [5, 5.41) is 0. The molecule has 2 nitrogen and oxygen atoms in total. The molecule has 0 aliphatic heterocycles. The largest absolute Gasteiger partial charge is 0.327 e. The van der Waals surface area contributed by atoms with Crippen LogP contribution in [0, 0.1) is 17.6 Å². The Bertz CT molecular complexity index is 377. The van der Waals surface area contributed by atoms with Crippen LogP contribution >= 0.6 is 0 Å². The summed E-state index contributed by atoms with van der Waals surface area (Å²) in [7, 11) is 0. The normalized spacial score (nSPS) is 14.7. The minimum Gasteiger partial charge on any atom is -0.327 e. The zero-order chi connectivity index (χ0) is 11.6. The van der Waals surface area contributed by atoms with E-state index in [-0.39, 0.29) is 11.6 Å². The Balaban J connectivity index is 3.05. The maximum Gasteiger partial charge on any atom is 0.170 e. The van der Waals surface area contributed by atoms with Gasteiger partial charge in [0.2, 0.25) is 0 Å². The van der Waals surface area contributed by atoms with Gasteiger partial charge in [-0.1, -0.05) is 6.92 Å². The Morgan fingerprint density at radius 2 is 1.93 bits per heavy atom. The molecule has 15 heavy (non-hydrogen) atoms. The highest BCUT2D eigenvalue weighted by molar-refractivity contribution is 5.98. The number of halogens is 2. The maximum atomic E-state index is 13.2. The zero-order valence-electron chi connectivity index (χ0n) is 8.63. The number of carbonyl (C=O) groups excluding carboxylic acids is 1. The van der Waals surface area contributed by atoms with E-state index in [4.69, 9.17) is 5.73 Å². The van der Waals surface area contributed by atoms with Crippen LogP contribution in [0.1, 0.15) is 24.2 Å². The lowest BCUT2D eigenvalue weighted by molar-refractivity contribution is 0.0912. The van der Waals surface area contributed by atoms with E-state index >= 15 is 0 Å². The third kappa shape index (κ3) is 2.59. The Morgan fingerprint density at radius 3 is 2.47 bits per heavy atom. The van der Waals surface area contributed by atoms with Crippen molar-refractivity contribution < 1.29 is 13.6 Å². The van der Waals surface area contributed by atoms with E-state index in [1.807, 2.05) is 0 Å². The fourth-order valence-electron chi connectivity index (χ4n) is 1.17. The Labute approximate surface area is 87.1 Å². The van der Waals surface area contributed by atoms with Crippen LogP contribution in [0.25, 0.3) is 0 Å². The smallest absolute Gasteiger partial charge is 0.170 e. The highest BCUT2D eigenvalue weighted by Crippen LogP contribution is 2.16. The van der Waals surface area contributed by atoms with Crippen LogP contribution in [0.15, 0.2) is 18.2 Å². The third-order valence-electron chi connectivity index (χ3n) is 2.40. The SMILES string of the molecule is CC(N)C(C)C(=O)c1cc(F)ccc1F. The molecular formula is C11H13F2NO. The van der Waals surface area contributed by atoms with E-state index in [0.717, 1.165) is 18.2 Å². The number of nitrogens with two attached hydrogens (primary N) is 1. The number of benzene rings is 1. The summed E-state index contributed by atoms with van der Waals surface area (Å²) in [5.74, 6) is -2.34. The van der Waals surface area contributed by atoms with Crippen molar-refractivity contribution in [1.29, 1.82) is 0 Å². The number of carbonyl (C=O) groups is 1. The summed E-state index contributed by atoms with van der Waals surface area (Å²) in [6.07, 6.45) is 0. The van der Waals surface area contributed by atoms with Gasteiger partial charge in [0.1, 0.15) is 11.6 Å². The van der Waals surface area contributed by atoms with Gasteiger partial charge in [-0.2, -0.15) is 0 Å². The van der Waals surface area contributed by atoms with E-state index in [2.05, 4.69) is 0 Å². The molecule has 0 amide bonds. The van der Waals surface area contributed by atoms with Crippen LogP contribution in [0.3, 0.4) is 0 Å². The van der Waals surface area contributed by atoms with E-state index in [1.54, 1.807) is 13.8 Å². The maximum absolute atomic E-state index is 13.2. The predicted molar refractivity (Wildman–Crippen MR) is 53.5 cm³/mol. The molecule has 0 aromatic heterocycles. The molecule has 2 atom stereocenters. The first-order chi connectivity index (χ1) is 6.93. The van der Waals surface area contributed by atoms with Gasteiger partial charge in [-0.3, -0.25) is 4.79 Å². The summed E-state index contributed by atoms with van der Waals surface area (Å²) in [5.41, 5.74) is 5.29. The lowest BCUT2D eigenvalue weighted by Gasteiger charge is -2.14. The Morgan fingerprint density at radius 1 is 1.33 bits per heavy atom. The molecular weight excluding hydrogens is 200 g/mol. The summed E-state index contributed by atoms with van der Waals surface area (Å²) < 4.78 is 26.0. The van der Waals surface area contributed by atoms with Crippen LogP contribution in [-0.2, 0) is 0 Å². The molecule has 0 aliphatic carbocycles. The summed E-state index contributed by atoms with van der Waals surface area (Å²) in [4.78, 5) is 11.7. The predicted octanol–water partition coefficient (Wildman–Crippen LogP) is 2.13. The number of hydrogen-bond donors (Lipinski definition) is 1. The van der Waals surface area contributed by atoms with Gasteiger partial charge in [0.05, 0.1) is 5.56 Å². The van der Waals surface area contributed by atoms with Gasteiger partial charge in [-0.15, -0.1) is 0 Å². The van der Waals surface area contributed by atoms with Crippen molar-refractivity contribution in [2.75, 3.05) is 0 Å². The molecule has 0 saturated heterocycles. The number of rotatable bonds is 3. The first-order valence-electron chi connectivity index (χ1n) is 4.68. The van der Waals surface area contributed by atoms with Crippen molar-refractivity contribution in [2.45, 2.75) is 19.9 Å². The standard InChI is InChI=1S/C11H13F2NO/c1-6(7(2)14)11(15)9-5-8(12)3-4-10(9)13/h3-7H,14H2,1-2H3. The van der Waals surface area contributed by atoms with Gasteiger partial charge in [-0.05, 0) is 25.1 Å². The molecule has 1 aromatic rings. The van der Waals surface area contributed by atoms with Gasteiger partial charge in [0.25, 0.3) is 0 Å². The first-order valence-corrected chi connectivity index (χ1v) is 4.68. The number of hydrogen-bond acceptors (Lipinski definition) is 2. The van der Waals surface area contributed by atoms with Gasteiger partial charge in [0.15, 0.2) is 5.78 Å². The van der Waals surface area contributed by atoms with E-state index < -0.39 is 23.3 Å². The molecule has 0 aliphatic rings. The third-order valence-corrected chi connectivity index (χ3v) is 2.40. The van der Waals surface area contributed by atoms with Gasteiger partial charge in [0, 0.05) is 12.0 Å². The van der Waals surface area contributed by atoms with E-state index in [0.29, 0.717) is 0 Å². The van der Waals surface area contributed by atoms with Crippen molar-refractivity contribution in [3.63, 3.8) is 0 Å². The first kappa shape index (κ1) is 11.8. The molecule has 0 saturated carbocycles. The highest BCUT2D eigenvalue weighted by Gasteiger charge is 2.22. The molecule has 0 bridgehead atoms. The fourth-order valence-corrected chi connectivity index (χ4v) is 1.17. The molecule has 1 rings (SSSR count). The van der Waals surface area contributed by atoms with E-state index in [9.17, 15) is 13.6 Å². The van der Waals surface area contributed by atoms with Crippen LogP contribution in [0.5, 0.6) is 0 Å². The molecule has 4 heteroatoms. The summed E-state index contributed by atoms with van der Waals surface area (Å²) in [6, 6.07) is 2.43. The molecule has 82 valence electrons. The monoisotopic (exact) mass is 213 g/mol. The molecule has 0 fully saturated rings. The van der Waals surface area contributed by atoms with Gasteiger partial charge in [-0.25, -0.2) is 8.78 Å². The molecule has 0 heterocycles. The van der Waals surface area contributed by atoms with Crippen molar-refractivity contribution in [3.8, 4) is 0 Å². The van der Waals surface area contributed by atoms with Crippen LogP contribution < -0.4 is 5.73 Å². The highest BCUT2D eigenvalue weighted by atomic mass is 19.1. The molecule has 1 aromatic carbocycles. The van der Waals surface area contributed by atoms with Crippen molar-refractivity contribution in [2.24, 2.45) is 11.7 Å². The second kappa shape index (κ2) is 4.49. The Kier molecular flexibility index (Phi) is 3.52. The van der Waals surface area contributed by atoms with E-state index in [1.165, 1.54) is 0 Å². The zero-order valence-corrected chi connectivity index (χ0v) is 8.63. The number of Topliss-reactive ketones (excluding diaryl/α,β-unsaturated/α-hetero) is 1. The summed E-state index contributed by atoms with van der Waals surface area (Å²) >= 11 is 0. The summed E-state index contributed by atoms with van der Waals surface area (Å²) in [6.45, 7) is 3.25. The second-order valence-corrected chi connectivity index (χ2v) is 3.64. The van der Waals surface area contributed by atoms with Crippen molar-refractivity contribution >= 4 is 5.78 Å². The van der Waals surface area contributed by atoms with Crippen LogP contribution in [0.2, 0.25) is 0 Å². The average molecular weight is 213 g/mol. The van der Waals surface area contributed by atoms with Crippen LogP contribution in [0.4, 0.5) is 8.78 Å². The number of ketones is 1. The van der Waals surface area contributed by atoms with Gasteiger partial charge >= 0.3 is 0 Å². The minimum absolute atomic E-state index is 0.236.